The maximum absolute atomic E-state index is 13.7. The maximum atomic E-state index is 13.7. The lowest BCUT2D eigenvalue weighted by atomic mass is 9.98. The fourth-order valence-corrected chi connectivity index (χ4v) is 2.84. The lowest BCUT2D eigenvalue weighted by Gasteiger charge is -2.29. The molecule has 2 aromatic rings. The standard InChI is InChI=1S/C17H19FN2O/c1-21-17-5-2-12(8-16(17)18)10-20-7-6-13-3-4-15(19)9-14(13)11-20/h2-5,8-9H,6-7,10-11,19H2,1H3. The third-order valence-corrected chi connectivity index (χ3v) is 3.94. The highest BCUT2D eigenvalue weighted by atomic mass is 19.1. The largest absolute Gasteiger partial charge is 0.494 e. The van der Waals surface area contributed by atoms with E-state index < -0.39 is 0 Å². The number of nitrogens with zero attached hydrogens (tertiary/aromatic N) is 1. The van der Waals surface area contributed by atoms with Crippen LogP contribution in [0.5, 0.6) is 5.75 Å². The van der Waals surface area contributed by atoms with Crippen LogP contribution < -0.4 is 10.5 Å². The van der Waals surface area contributed by atoms with Crippen LogP contribution in [-0.4, -0.2) is 18.6 Å². The zero-order valence-electron chi connectivity index (χ0n) is 12.1. The number of methoxy groups -OCH3 is 1. The first-order chi connectivity index (χ1) is 10.2. The summed E-state index contributed by atoms with van der Waals surface area (Å²) in [5.74, 6) is -0.0211. The number of nitrogen functional groups attached to an aromatic ring is 1. The molecule has 3 nitrogen and oxygen atoms in total. The average Bonchev–Trinajstić information content (AvgIpc) is 2.47. The Morgan fingerprint density at radius 1 is 1.19 bits per heavy atom. The van der Waals surface area contributed by atoms with Crippen LogP contribution in [0.15, 0.2) is 36.4 Å². The van der Waals surface area contributed by atoms with Crippen LogP contribution in [0.4, 0.5) is 10.1 Å². The normalized spacial score (nSPS) is 14.8. The van der Waals surface area contributed by atoms with E-state index in [2.05, 4.69) is 11.0 Å². The molecule has 4 heteroatoms. The molecule has 2 N–H and O–H groups in total. The van der Waals surface area contributed by atoms with Crippen molar-refractivity contribution in [2.75, 3.05) is 19.4 Å². The highest BCUT2D eigenvalue weighted by molar-refractivity contribution is 5.45. The second kappa shape index (κ2) is 5.74. The molecule has 0 spiro atoms. The van der Waals surface area contributed by atoms with Crippen LogP contribution >= 0.6 is 0 Å². The van der Waals surface area contributed by atoms with Gasteiger partial charge in [0.25, 0.3) is 0 Å². The summed E-state index contributed by atoms with van der Waals surface area (Å²) in [6.07, 6.45) is 1.01. The first-order valence-electron chi connectivity index (χ1n) is 7.08. The lowest BCUT2D eigenvalue weighted by Crippen LogP contribution is -2.30. The van der Waals surface area contributed by atoms with E-state index in [0.717, 1.165) is 37.3 Å². The molecular formula is C17H19FN2O. The summed E-state index contributed by atoms with van der Waals surface area (Å²) >= 11 is 0. The first kappa shape index (κ1) is 13.9. The van der Waals surface area contributed by atoms with Crippen molar-refractivity contribution >= 4 is 5.69 Å². The fourth-order valence-electron chi connectivity index (χ4n) is 2.84. The summed E-state index contributed by atoms with van der Waals surface area (Å²) in [6, 6.07) is 11.2. The van der Waals surface area contributed by atoms with Crippen molar-refractivity contribution in [2.24, 2.45) is 0 Å². The van der Waals surface area contributed by atoms with Crippen molar-refractivity contribution in [3.63, 3.8) is 0 Å². The van der Waals surface area contributed by atoms with E-state index in [4.69, 9.17) is 10.5 Å². The van der Waals surface area contributed by atoms with Crippen LogP contribution in [0, 0.1) is 5.82 Å². The van der Waals surface area contributed by atoms with Crippen molar-refractivity contribution < 1.29 is 9.13 Å². The van der Waals surface area contributed by atoms with Gasteiger partial charge >= 0.3 is 0 Å². The first-order valence-corrected chi connectivity index (χ1v) is 7.08. The Kier molecular flexibility index (Phi) is 3.80. The molecule has 1 aliphatic rings. The van der Waals surface area contributed by atoms with E-state index in [0.29, 0.717) is 0 Å². The van der Waals surface area contributed by atoms with Crippen LogP contribution in [-0.2, 0) is 19.5 Å². The van der Waals surface area contributed by atoms with Gasteiger partial charge in [-0.3, -0.25) is 4.90 Å². The van der Waals surface area contributed by atoms with Crippen molar-refractivity contribution in [2.45, 2.75) is 19.5 Å². The van der Waals surface area contributed by atoms with Gasteiger partial charge in [0.2, 0.25) is 0 Å². The SMILES string of the molecule is COc1ccc(CN2CCc3ccc(N)cc3C2)cc1F. The quantitative estimate of drug-likeness (QED) is 0.882. The number of anilines is 1. The molecule has 110 valence electrons. The Balaban J connectivity index is 1.73. The number of ether oxygens (including phenoxy) is 1. The van der Waals surface area contributed by atoms with Gasteiger partial charge < -0.3 is 10.5 Å². The predicted octanol–water partition coefficient (Wildman–Crippen LogP) is 2.97. The Morgan fingerprint density at radius 2 is 2.05 bits per heavy atom. The molecule has 1 heterocycles. The minimum atomic E-state index is -0.309. The van der Waals surface area contributed by atoms with Crippen molar-refractivity contribution in [1.82, 2.24) is 4.90 Å². The molecular weight excluding hydrogens is 267 g/mol. The van der Waals surface area contributed by atoms with Crippen LogP contribution in [0.3, 0.4) is 0 Å². The van der Waals surface area contributed by atoms with Crippen LogP contribution in [0.2, 0.25) is 0 Å². The monoisotopic (exact) mass is 286 g/mol. The van der Waals surface area contributed by atoms with Gasteiger partial charge in [0.1, 0.15) is 0 Å². The van der Waals surface area contributed by atoms with Gasteiger partial charge in [-0.1, -0.05) is 12.1 Å². The predicted molar refractivity (Wildman–Crippen MR) is 81.6 cm³/mol. The van der Waals surface area contributed by atoms with E-state index in [1.807, 2.05) is 18.2 Å². The van der Waals surface area contributed by atoms with Crippen molar-refractivity contribution in [1.29, 1.82) is 0 Å². The van der Waals surface area contributed by atoms with E-state index in [-0.39, 0.29) is 11.6 Å². The number of hydrogen-bond donors (Lipinski definition) is 1. The number of halogens is 1. The van der Waals surface area contributed by atoms with E-state index in [9.17, 15) is 4.39 Å². The zero-order chi connectivity index (χ0) is 14.8. The Labute approximate surface area is 124 Å². The molecule has 2 aromatic carbocycles. The van der Waals surface area contributed by atoms with Gasteiger partial charge in [-0.25, -0.2) is 4.39 Å². The van der Waals surface area contributed by atoms with Gasteiger partial charge in [0, 0.05) is 25.3 Å². The highest BCUT2D eigenvalue weighted by Gasteiger charge is 2.17. The summed E-state index contributed by atoms with van der Waals surface area (Å²) in [5.41, 5.74) is 10.2. The molecule has 0 aromatic heterocycles. The molecule has 21 heavy (non-hydrogen) atoms. The molecule has 0 radical (unpaired) electrons. The smallest absolute Gasteiger partial charge is 0.165 e. The number of hydrogen-bond acceptors (Lipinski definition) is 3. The Morgan fingerprint density at radius 3 is 2.81 bits per heavy atom. The zero-order valence-corrected chi connectivity index (χ0v) is 12.1. The Hall–Kier alpha value is -2.07. The molecule has 0 saturated carbocycles. The minimum Gasteiger partial charge on any atom is -0.494 e. The van der Waals surface area contributed by atoms with Gasteiger partial charge in [0.05, 0.1) is 7.11 Å². The molecule has 0 saturated heterocycles. The Bertz CT molecular complexity index is 657. The topological polar surface area (TPSA) is 38.5 Å². The number of benzene rings is 2. The molecule has 0 unspecified atom stereocenters. The number of fused-ring (bicyclic) bond motifs is 1. The molecule has 0 bridgehead atoms. The summed E-state index contributed by atoms with van der Waals surface area (Å²) < 4.78 is 18.7. The average molecular weight is 286 g/mol. The van der Waals surface area contributed by atoms with Crippen molar-refractivity contribution in [3.8, 4) is 5.75 Å². The van der Waals surface area contributed by atoms with Gasteiger partial charge in [-0.2, -0.15) is 0 Å². The van der Waals surface area contributed by atoms with E-state index in [1.54, 1.807) is 12.1 Å². The molecule has 0 atom stereocenters. The summed E-state index contributed by atoms with van der Waals surface area (Å²) in [5, 5.41) is 0. The molecule has 3 rings (SSSR count). The summed E-state index contributed by atoms with van der Waals surface area (Å²) in [4.78, 5) is 2.31. The maximum Gasteiger partial charge on any atom is 0.165 e. The van der Waals surface area contributed by atoms with Crippen molar-refractivity contribution in [3.05, 3.63) is 58.9 Å². The minimum absolute atomic E-state index is 0.288. The lowest BCUT2D eigenvalue weighted by molar-refractivity contribution is 0.245. The van der Waals surface area contributed by atoms with E-state index in [1.165, 1.54) is 18.2 Å². The van der Waals surface area contributed by atoms with Crippen LogP contribution in [0.25, 0.3) is 0 Å². The molecule has 0 aliphatic carbocycles. The summed E-state index contributed by atoms with van der Waals surface area (Å²) in [6.45, 7) is 2.56. The van der Waals surface area contributed by atoms with Gasteiger partial charge in [0.15, 0.2) is 11.6 Å². The third-order valence-electron chi connectivity index (χ3n) is 3.94. The summed E-state index contributed by atoms with van der Waals surface area (Å²) in [7, 11) is 1.48. The molecule has 0 amide bonds. The van der Waals surface area contributed by atoms with Crippen LogP contribution in [0.1, 0.15) is 16.7 Å². The number of rotatable bonds is 3. The molecule has 1 aliphatic heterocycles. The fraction of sp³-hybridized carbons (Fsp3) is 0.294. The highest BCUT2D eigenvalue weighted by Crippen LogP contribution is 2.24. The van der Waals surface area contributed by atoms with Gasteiger partial charge in [-0.05, 0) is 47.4 Å². The second-order valence-corrected chi connectivity index (χ2v) is 5.46. The molecule has 0 fully saturated rings. The second-order valence-electron chi connectivity index (χ2n) is 5.46. The number of nitrogens with two attached hydrogens (primary N) is 1. The third kappa shape index (κ3) is 3.00. The van der Waals surface area contributed by atoms with E-state index >= 15 is 0 Å². The van der Waals surface area contributed by atoms with Gasteiger partial charge in [-0.15, -0.1) is 0 Å².